The minimum atomic E-state index is -0.982. The minimum Gasteiger partial charge on any atom is -0.480 e. The Morgan fingerprint density at radius 1 is 1.33 bits per heavy atom. The molecule has 1 fully saturated rings. The van der Waals surface area contributed by atoms with Crippen LogP contribution in [0.3, 0.4) is 0 Å². The molecule has 2 heterocycles. The average molecular weight is 270 g/mol. The van der Waals surface area contributed by atoms with E-state index in [4.69, 9.17) is 16.7 Å². The van der Waals surface area contributed by atoms with Crippen LogP contribution in [-0.4, -0.2) is 44.4 Å². The maximum Gasteiger partial charge on any atom is 0.326 e. The Balaban J connectivity index is 2.20. The van der Waals surface area contributed by atoms with Crippen LogP contribution < -0.4 is 0 Å². The maximum absolute atomic E-state index is 12.1. The molecule has 1 atom stereocenters. The molecule has 0 aromatic carbocycles. The molecule has 0 aliphatic carbocycles. The smallest absolute Gasteiger partial charge is 0.326 e. The monoisotopic (exact) mass is 269 g/mol. The van der Waals surface area contributed by atoms with E-state index in [2.05, 4.69) is 9.97 Å². The van der Waals surface area contributed by atoms with Crippen molar-refractivity contribution in [1.29, 1.82) is 0 Å². The predicted molar refractivity (Wildman–Crippen MR) is 63.4 cm³/mol. The number of likely N-dealkylation sites (tertiary alicyclic amines) is 1. The summed E-state index contributed by atoms with van der Waals surface area (Å²) in [5, 5.41) is 9.29. The van der Waals surface area contributed by atoms with Crippen molar-refractivity contribution >= 4 is 23.5 Å². The van der Waals surface area contributed by atoms with Crippen molar-refractivity contribution in [3.63, 3.8) is 0 Å². The number of halogens is 1. The van der Waals surface area contributed by atoms with Gasteiger partial charge in [-0.3, -0.25) is 4.79 Å². The standard InChI is InChI=1S/C11H12ClN3O3/c12-9-6-13-7(5-14-9)10(16)15-4-2-1-3-8(15)11(17)18/h5-6,8H,1-4H2,(H,17,18). The van der Waals surface area contributed by atoms with Gasteiger partial charge < -0.3 is 10.0 Å². The van der Waals surface area contributed by atoms with Crippen LogP contribution in [0.15, 0.2) is 12.4 Å². The minimum absolute atomic E-state index is 0.118. The van der Waals surface area contributed by atoms with Crippen molar-refractivity contribution in [1.82, 2.24) is 14.9 Å². The fourth-order valence-electron chi connectivity index (χ4n) is 2.00. The van der Waals surface area contributed by atoms with E-state index in [0.29, 0.717) is 13.0 Å². The average Bonchev–Trinajstić information content (AvgIpc) is 2.39. The predicted octanol–water partition coefficient (Wildman–Crippen LogP) is 1.21. The van der Waals surface area contributed by atoms with Crippen LogP contribution >= 0.6 is 11.6 Å². The summed E-state index contributed by atoms with van der Waals surface area (Å²) in [5.74, 6) is -1.39. The molecule has 2 rings (SSSR count). The summed E-state index contributed by atoms with van der Waals surface area (Å²) in [6.07, 6.45) is 4.62. The van der Waals surface area contributed by atoms with Crippen molar-refractivity contribution in [2.45, 2.75) is 25.3 Å². The first-order chi connectivity index (χ1) is 8.59. The molecule has 1 unspecified atom stereocenters. The third-order valence-electron chi connectivity index (χ3n) is 2.89. The molecular weight excluding hydrogens is 258 g/mol. The second-order valence-corrected chi connectivity index (χ2v) is 4.46. The van der Waals surface area contributed by atoms with Gasteiger partial charge in [0.1, 0.15) is 16.9 Å². The van der Waals surface area contributed by atoms with Gasteiger partial charge in [-0.25, -0.2) is 14.8 Å². The summed E-state index contributed by atoms with van der Waals surface area (Å²) in [6, 6.07) is -0.774. The van der Waals surface area contributed by atoms with Gasteiger partial charge in [-0.05, 0) is 19.3 Å². The van der Waals surface area contributed by atoms with Crippen LogP contribution in [0.4, 0.5) is 0 Å². The Kier molecular flexibility index (Phi) is 3.76. The zero-order valence-corrected chi connectivity index (χ0v) is 10.3. The van der Waals surface area contributed by atoms with Crippen molar-refractivity contribution in [3.05, 3.63) is 23.2 Å². The molecule has 0 saturated carbocycles. The van der Waals surface area contributed by atoms with E-state index in [1.807, 2.05) is 0 Å². The van der Waals surface area contributed by atoms with Crippen LogP contribution in [0, 0.1) is 0 Å². The first-order valence-electron chi connectivity index (χ1n) is 5.61. The van der Waals surface area contributed by atoms with E-state index in [-0.39, 0.29) is 10.8 Å². The van der Waals surface area contributed by atoms with Gasteiger partial charge in [0.05, 0.1) is 12.4 Å². The normalized spacial score (nSPS) is 19.6. The molecule has 1 N–H and O–H groups in total. The number of rotatable bonds is 2. The molecule has 96 valence electrons. The number of hydrogen-bond donors (Lipinski definition) is 1. The van der Waals surface area contributed by atoms with Crippen LogP contribution in [-0.2, 0) is 4.79 Å². The molecule has 1 aromatic heterocycles. The fraction of sp³-hybridized carbons (Fsp3) is 0.455. The summed E-state index contributed by atoms with van der Waals surface area (Å²) in [7, 11) is 0. The van der Waals surface area contributed by atoms with Crippen LogP contribution in [0.2, 0.25) is 5.15 Å². The summed E-state index contributed by atoms with van der Waals surface area (Å²) in [4.78, 5) is 32.2. The van der Waals surface area contributed by atoms with Crippen molar-refractivity contribution < 1.29 is 14.7 Å². The molecule has 1 saturated heterocycles. The van der Waals surface area contributed by atoms with Crippen molar-refractivity contribution in [3.8, 4) is 0 Å². The molecular formula is C11H12ClN3O3. The number of carbonyl (C=O) groups is 2. The lowest BCUT2D eigenvalue weighted by molar-refractivity contribution is -0.143. The largest absolute Gasteiger partial charge is 0.480 e. The first kappa shape index (κ1) is 12.8. The van der Waals surface area contributed by atoms with Gasteiger partial charge in [0.15, 0.2) is 0 Å². The zero-order valence-electron chi connectivity index (χ0n) is 9.54. The molecule has 1 amide bonds. The second kappa shape index (κ2) is 5.30. The van der Waals surface area contributed by atoms with Crippen molar-refractivity contribution in [2.24, 2.45) is 0 Å². The van der Waals surface area contributed by atoms with E-state index in [0.717, 1.165) is 12.8 Å². The quantitative estimate of drug-likeness (QED) is 0.872. The van der Waals surface area contributed by atoms with E-state index in [1.54, 1.807) is 0 Å². The van der Waals surface area contributed by atoms with Gasteiger partial charge in [-0.15, -0.1) is 0 Å². The van der Waals surface area contributed by atoms with Crippen LogP contribution in [0.25, 0.3) is 0 Å². The Bertz CT molecular complexity index is 463. The number of carboxylic acids is 1. The Morgan fingerprint density at radius 3 is 2.72 bits per heavy atom. The highest BCUT2D eigenvalue weighted by atomic mass is 35.5. The zero-order chi connectivity index (χ0) is 13.1. The number of hydrogen-bond acceptors (Lipinski definition) is 4. The second-order valence-electron chi connectivity index (χ2n) is 4.07. The van der Waals surface area contributed by atoms with Gasteiger partial charge >= 0.3 is 5.97 Å². The number of aliphatic carboxylic acids is 1. The lowest BCUT2D eigenvalue weighted by Gasteiger charge is -2.32. The molecule has 1 aromatic rings. The number of amides is 1. The van der Waals surface area contributed by atoms with E-state index >= 15 is 0 Å². The molecule has 0 radical (unpaired) electrons. The molecule has 1 aliphatic heterocycles. The molecule has 7 heteroatoms. The Hall–Kier alpha value is -1.69. The topological polar surface area (TPSA) is 83.4 Å². The van der Waals surface area contributed by atoms with Gasteiger partial charge in [0.2, 0.25) is 0 Å². The van der Waals surface area contributed by atoms with Gasteiger partial charge in [0, 0.05) is 6.54 Å². The lowest BCUT2D eigenvalue weighted by Crippen LogP contribution is -2.48. The van der Waals surface area contributed by atoms with Gasteiger partial charge in [-0.1, -0.05) is 11.6 Å². The molecule has 18 heavy (non-hydrogen) atoms. The number of piperidine rings is 1. The van der Waals surface area contributed by atoms with E-state index in [9.17, 15) is 9.59 Å². The van der Waals surface area contributed by atoms with Crippen molar-refractivity contribution in [2.75, 3.05) is 6.54 Å². The number of carbonyl (C=O) groups excluding carboxylic acids is 1. The fourth-order valence-corrected chi connectivity index (χ4v) is 2.10. The number of carboxylic acid groups (broad SMARTS) is 1. The maximum atomic E-state index is 12.1. The number of aromatic nitrogens is 2. The van der Waals surface area contributed by atoms with Gasteiger partial charge in [-0.2, -0.15) is 0 Å². The summed E-state index contributed by atoms with van der Waals surface area (Å²) in [6.45, 7) is 0.431. The van der Waals surface area contributed by atoms with E-state index in [1.165, 1.54) is 17.3 Å². The first-order valence-corrected chi connectivity index (χ1v) is 5.98. The highest BCUT2D eigenvalue weighted by Gasteiger charge is 2.33. The SMILES string of the molecule is O=C(O)C1CCCCN1C(=O)c1cnc(Cl)cn1. The van der Waals surface area contributed by atoms with Gasteiger partial charge in [0.25, 0.3) is 5.91 Å². The van der Waals surface area contributed by atoms with Crippen LogP contribution in [0.5, 0.6) is 0 Å². The van der Waals surface area contributed by atoms with E-state index < -0.39 is 17.9 Å². The lowest BCUT2D eigenvalue weighted by atomic mass is 10.0. The molecule has 6 nitrogen and oxygen atoms in total. The Labute approximate surface area is 109 Å². The third-order valence-corrected chi connectivity index (χ3v) is 3.08. The third kappa shape index (κ3) is 2.59. The number of nitrogens with zero attached hydrogens (tertiary/aromatic N) is 3. The molecule has 1 aliphatic rings. The molecule has 0 spiro atoms. The summed E-state index contributed by atoms with van der Waals surface area (Å²) in [5.41, 5.74) is 0.118. The Morgan fingerprint density at radius 2 is 2.11 bits per heavy atom. The highest BCUT2D eigenvalue weighted by molar-refractivity contribution is 6.29. The summed E-state index contributed by atoms with van der Waals surface area (Å²) < 4.78 is 0. The van der Waals surface area contributed by atoms with Crippen LogP contribution in [0.1, 0.15) is 29.8 Å². The molecule has 0 bridgehead atoms. The summed E-state index contributed by atoms with van der Waals surface area (Å²) >= 11 is 5.59. The highest BCUT2D eigenvalue weighted by Crippen LogP contribution is 2.19.